The molecular formula is C35H39N7O3. The van der Waals surface area contributed by atoms with Gasteiger partial charge >= 0.3 is 0 Å². The Morgan fingerprint density at radius 1 is 0.933 bits per heavy atom. The summed E-state index contributed by atoms with van der Waals surface area (Å²) in [7, 11) is 3.74. The predicted octanol–water partition coefficient (Wildman–Crippen LogP) is 4.93. The average Bonchev–Trinajstić information content (AvgIpc) is 3.07. The highest BCUT2D eigenvalue weighted by atomic mass is 16.3. The zero-order valence-electron chi connectivity index (χ0n) is 26.0. The minimum Gasteiger partial charge on any atom is -0.392 e. The first kappa shape index (κ1) is 30.4. The van der Waals surface area contributed by atoms with Crippen molar-refractivity contribution in [2.24, 2.45) is 7.05 Å². The van der Waals surface area contributed by atoms with E-state index in [1.54, 1.807) is 19.2 Å². The fourth-order valence-corrected chi connectivity index (χ4v) is 6.16. The second-order valence-corrected chi connectivity index (χ2v) is 11.8. The molecule has 4 heterocycles. The lowest BCUT2D eigenvalue weighted by Crippen LogP contribution is -2.29. The van der Waals surface area contributed by atoms with E-state index in [0.717, 1.165) is 56.3 Å². The Kier molecular flexibility index (Phi) is 8.86. The zero-order chi connectivity index (χ0) is 31.5. The van der Waals surface area contributed by atoms with Crippen LogP contribution in [0.4, 0.5) is 11.5 Å². The first-order chi connectivity index (χ1) is 21.9. The number of benzene rings is 2. The minimum absolute atomic E-state index is 0.261. The molecule has 232 valence electrons. The van der Waals surface area contributed by atoms with E-state index in [0.29, 0.717) is 45.3 Å². The van der Waals surface area contributed by atoms with E-state index in [1.807, 2.05) is 48.7 Å². The molecule has 2 aromatic carbocycles. The number of pyridine rings is 1. The van der Waals surface area contributed by atoms with Crippen molar-refractivity contribution in [3.8, 4) is 16.9 Å². The zero-order valence-corrected chi connectivity index (χ0v) is 26.0. The van der Waals surface area contributed by atoms with Gasteiger partial charge in [0.15, 0.2) is 0 Å². The molecule has 6 rings (SSSR count). The summed E-state index contributed by atoms with van der Waals surface area (Å²) in [6, 6.07) is 18.6. The van der Waals surface area contributed by atoms with Gasteiger partial charge in [0.05, 0.1) is 29.1 Å². The number of unbranched alkanes of at least 4 members (excludes halogenated alkanes) is 1. The number of hydrogen-bond acceptors (Lipinski definition) is 8. The van der Waals surface area contributed by atoms with Crippen molar-refractivity contribution >= 4 is 22.3 Å². The van der Waals surface area contributed by atoms with Crippen molar-refractivity contribution in [3.05, 3.63) is 104 Å². The number of aryl methyl sites for hydroxylation is 2. The van der Waals surface area contributed by atoms with Crippen molar-refractivity contribution in [3.63, 3.8) is 0 Å². The van der Waals surface area contributed by atoms with Gasteiger partial charge in [0.1, 0.15) is 11.5 Å². The minimum atomic E-state index is -0.357. The number of aromatic nitrogens is 5. The summed E-state index contributed by atoms with van der Waals surface area (Å²) in [6.45, 7) is 3.91. The van der Waals surface area contributed by atoms with Crippen LogP contribution in [0.2, 0.25) is 0 Å². The van der Waals surface area contributed by atoms with Gasteiger partial charge in [-0.15, -0.1) is 0 Å². The molecule has 45 heavy (non-hydrogen) atoms. The molecule has 0 atom stereocenters. The summed E-state index contributed by atoms with van der Waals surface area (Å²) in [5.41, 5.74) is 3.79. The molecule has 0 amide bonds. The smallest absolute Gasteiger partial charge is 0.290 e. The molecular weight excluding hydrogens is 566 g/mol. The van der Waals surface area contributed by atoms with Gasteiger partial charge in [0.2, 0.25) is 0 Å². The second kappa shape index (κ2) is 13.1. The Bertz CT molecular complexity index is 1940. The maximum Gasteiger partial charge on any atom is 0.290 e. The van der Waals surface area contributed by atoms with Gasteiger partial charge in [-0.1, -0.05) is 49.7 Å². The summed E-state index contributed by atoms with van der Waals surface area (Å²) in [5, 5.41) is 24.6. The monoisotopic (exact) mass is 605 g/mol. The van der Waals surface area contributed by atoms with Gasteiger partial charge in [-0.2, -0.15) is 14.9 Å². The molecule has 0 bridgehead atoms. The lowest BCUT2D eigenvalue weighted by Gasteiger charge is -2.29. The van der Waals surface area contributed by atoms with Crippen LogP contribution < -0.4 is 16.4 Å². The molecule has 0 radical (unpaired) electrons. The highest BCUT2D eigenvalue weighted by Gasteiger charge is 2.20. The number of fused-ring (bicyclic) bond motifs is 1. The van der Waals surface area contributed by atoms with Gasteiger partial charge in [0.25, 0.3) is 11.1 Å². The summed E-state index contributed by atoms with van der Waals surface area (Å²) in [5.74, 6) is 1.04. The number of aliphatic hydroxyl groups is 1. The number of nitrogens with zero attached hydrogens (tertiary/aromatic N) is 6. The van der Waals surface area contributed by atoms with Crippen LogP contribution in [0.25, 0.3) is 27.7 Å². The molecule has 0 unspecified atom stereocenters. The van der Waals surface area contributed by atoms with Crippen LogP contribution in [-0.2, 0) is 20.1 Å². The van der Waals surface area contributed by atoms with Gasteiger partial charge < -0.3 is 15.3 Å². The number of aliphatic hydroxyl groups excluding tert-OH is 1. The fourth-order valence-electron chi connectivity index (χ4n) is 6.16. The summed E-state index contributed by atoms with van der Waals surface area (Å²) in [4.78, 5) is 33.8. The lowest BCUT2D eigenvalue weighted by atomic mass is 9.91. The van der Waals surface area contributed by atoms with E-state index in [9.17, 15) is 14.7 Å². The third-order valence-electron chi connectivity index (χ3n) is 8.76. The Morgan fingerprint density at radius 2 is 1.71 bits per heavy atom. The molecule has 0 spiro atoms. The van der Waals surface area contributed by atoms with Gasteiger partial charge in [0, 0.05) is 29.8 Å². The predicted molar refractivity (Wildman–Crippen MR) is 177 cm³/mol. The highest BCUT2D eigenvalue weighted by Crippen LogP contribution is 2.30. The third-order valence-corrected chi connectivity index (χ3v) is 8.76. The van der Waals surface area contributed by atoms with Crippen molar-refractivity contribution in [2.45, 2.75) is 51.6 Å². The number of hydrogen-bond donors (Lipinski definition) is 2. The first-order valence-electron chi connectivity index (χ1n) is 15.6. The molecule has 0 aliphatic carbocycles. The van der Waals surface area contributed by atoms with Crippen LogP contribution in [0.1, 0.15) is 55.3 Å². The molecule has 1 aliphatic heterocycles. The van der Waals surface area contributed by atoms with Crippen LogP contribution in [0.3, 0.4) is 0 Å². The van der Waals surface area contributed by atoms with E-state index in [1.165, 1.54) is 14.9 Å². The van der Waals surface area contributed by atoms with Gasteiger partial charge in [-0.05, 0) is 81.6 Å². The van der Waals surface area contributed by atoms with E-state index < -0.39 is 0 Å². The van der Waals surface area contributed by atoms with E-state index in [2.05, 4.69) is 40.3 Å². The maximum absolute atomic E-state index is 13.7. The van der Waals surface area contributed by atoms with Gasteiger partial charge in [-0.25, -0.2) is 9.67 Å². The molecule has 10 nitrogen and oxygen atoms in total. The van der Waals surface area contributed by atoms with Gasteiger partial charge in [-0.3, -0.25) is 9.59 Å². The molecule has 3 aromatic heterocycles. The van der Waals surface area contributed by atoms with Crippen molar-refractivity contribution < 1.29 is 5.11 Å². The summed E-state index contributed by atoms with van der Waals surface area (Å²) < 4.78 is 2.65. The highest BCUT2D eigenvalue weighted by molar-refractivity contribution is 5.84. The standard InChI is InChI=1S/C35H39N7O3/c1-4-5-12-29-25-9-6-7-10-27(25)34(44)42(39-29)32-13-8-11-26(28(32)22-43)30-20-31(35(45)41(3)38-30)37-33-15-14-24(21-36-33)23-16-18-40(2)19-17-23/h6-11,13-15,20-21,23,43H,4-5,12,16-19,22H2,1-3H3,(H,36,37). The van der Waals surface area contributed by atoms with E-state index in [4.69, 9.17) is 5.10 Å². The Labute approximate surface area is 262 Å². The fraction of sp³-hybridized carbons (Fsp3) is 0.343. The number of nitrogens with one attached hydrogen (secondary N) is 1. The Hall–Kier alpha value is -4.67. The van der Waals surface area contributed by atoms with Crippen LogP contribution in [0, 0.1) is 0 Å². The quantitative estimate of drug-likeness (QED) is 0.243. The molecule has 1 saturated heterocycles. The topological polar surface area (TPSA) is 118 Å². The molecule has 5 aromatic rings. The Balaban J connectivity index is 1.37. The Morgan fingerprint density at radius 3 is 2.42 bits per heavy atom. The summed E-state index contributed by atoms with van der Waals surface area (Å²) >= 11 is 0. The average molecular weight is 606 g/mol. The van der Waals surface area contributed by atoms with Crippen molar-refractivity contribution in [1.29, 1.82) is 0 Å². The normalized spacial score (nSPS) is 14.2. The third kappa shape index (κ3) is 6.16. The van der Waals surface area contributed by atoms with Crippen LogP contribution in [-0.4, -0.2) is 54.7 Å². The lowest BCUT2D eigenvalue weighted by molar-refractivity contribution is 0.255. The molecule has 2 N–H and O–H groups in total. The number of piperidine rings is 1. The van der Waals surface area contributed by atoms with Crippen LogP contribution in [0.15, 0.2) is 76.4 Å². The first-order valence-corrected chi connectivity index (χ1v) is 15.6. The second-order valence-electron chi connectivity index (χ2n) is 11.8. The van der Waals surface area contributed by atoms with E-state index in [-0.39, 0.29) is 17.7 Å². The van der Waals surface area contributed by atoms with Crippen LogP contribution in [0.5, 0.6) is 0 Å². The van der Waals surface area contributed by atoms with Crippen LogP contribution >= 0.6 is 0 Å². The summed E-state index contributed by atoms with van der Waals surface area (Å²) in [6.07, 6.45) is 6.77. The molecule has 1 fully saturated rings. The van der Waals surface area contributed by atoms with E-state index >= 15 is 0 Å². The number of anilines is 2. The largest absolute Gasteiger partial charge is 0.392 e. The SMILES string of the molecule is CCCCc1nn(-c2cccc(-c3cc(Nc4ccc(C5CCN(C)CC5)cn4)c(=O)n(C)n3)c2CO)c(=O)c2ccccc12. The number of rotatable bonds is 9. The maximum atomic E-state index is 13.7. The van der Waals surface area contributed by atoms with Crippen molar-refractivity contribution in [2.75, 3.05) is 25.5 Å². The number of likely N-dealkylation sites (tertiary alicyclic amines) is 1. The van der Waals surface area contributed by atoms with Crippen molar-refractivity contribution in [1.82, 2.24) is 29.4 Å². The molecule has 0 saturated carbocycles. The molecule has 1 aliphatic rings. The molecule has 10 heteroatoms.